The van der Waals surface area contributed by atoms with Gasteiger partial charge in [-0.05, 0) is 44.9 Å². The largest absolute Gasteiger partial charge is 0.465 e. The SMILES string of the molecule is CC(C)(C)n1cc(NC(=O)c2cccc([C@@H]3C[C@H]3NC(=O)O)c2)cn1. The van der Waals surface area contributed by atoms with Crippen LogP contribution < -0.4 is 10.6 Å². The summed E-state index contributed by atoms with van der Waals surface area (Å²) in [5, 5.41) is 18.4. The van der Waals surface area contributed by atoms with Crippen molar-refractivity contribution in [2.24, 2.45) is 0 Å². The number of carbonyl (C=O) groups excluding carboxylic acids is 1. The molecule has 2 atom stereocenters. The second-order valence-corrected chi connectivity index (χ2v) is 7.32. The Labute approximate surface area is 146 Å². The molecule has 3 rings (SSSR count). The molecule has 25 heavy (non-hydrogen) atoms. The van der Waals surface area contributed by atoms with E-state index in [9.17, 15) is 9.59 Å². The maximum absolute atomic E-state index is 12.5. The summed E-state index contributed by atoms with van der Waals surface area (Å²) in [6, 6.07) is 7.23. The van der Waals surface area contributed by atoms with Gasteiger partial charge in [-0.15, -0.1) is 0 Å². The first kappa shape index (κ1) is 17.0. The van der Waals surface area contributed by atoms with Gasteiger partial charge in [-0.25, -0.2) is 4.79 Å². The van der Waals surface area contributed by atoms with Gasteiger partial charge in [-0.3, -0.25) is 9.48 Å². The third-order valence-electron chi connectivity index (χ3n) is 4.20. The van der Waals surface area contributed by atoms with Gasteiger partial charge >= 0.3 is 6.09 Å². The Morgan fingerprint density at radius 3 is 2.72 bits per heavy atom. The molecule has 132 valence electrons. The maximum atomic E-state index is 12.5. The minimum Gasteiger partial charge on any atom is -0.465 e. The molecule has 0 radical (unpaired) electrons. The Morgan fingerprint density at radius 1 is 1.32 bits per heavy atom. The molecule has 0 spiro atoms. The molecule has 7 nitrogen and oxygen atoms in total. The highest BCUT2D eigenvalue weighted by Crippen LogP contribution is 2.41. The van der Waals surface area contributed by atoms with E-state index in [0.717, 1.165) is 12.0 Å². The molecule has 0 bridgehead atoms. The lowest BCUT2D eigenvalue weighted by atomic mass is 10.1. The smallest absolute Gasteiger partial charge is 0.404 e. The first-order chi connectivity index (χ1) is 11.7. The highest BCUT2D eigenvalue weighted by atomic mass is 16.4. The van der Waals surface area contributed by atoms with E-state index < -0.39 is 6.09 Å². The third-order valence-corrected chi connectivity index (χ3v) is 4.20. The number of carboxylic acid groups (broad SMARTS) is 1. The molecule has 1 fully saturated rings. The molecule has 3 N–H and O–H groups in total. The number of benzene rings is 1. The van der Waals surface area contributed by atoms with Gasteiger partial charge in [0.1, 0.15) is 0 Å². The molecule has 0 saturated heterocycles. The zero-order valence-electron chi connectivity index (χ0n) is 14.5. The quantitative estimate of drug-likeness (QED) is 0.796. The topological polar surface area (TPSA) is 96.2 Å². The molecule has 1 saturated carbocycles. The van der Waals surface area contributed by atoms with Crippen molar-refractivity contribution in [2.75, 3.05) is 5.32 Å². The number of amides is 2. The lowest BCUT2D eigenvalue weighted by Crippen LogP contribution is -2.24. The summed E-state index contributed by atoms with van der Waals surface area (Å²) in [5.41, 5.74) is 2.00. The number of rotatable bonds is 4. The van der Waals surface area contributed by atoms with Crippen LogP contribution in [0, 0.1) is 0 Å². The second kappa shape index (κ2) is 6.23. The van der Waals surface area contributed by atoms with Gasteiger partial charge in [0, 0.05) is 23.7 Å². The van der Waals surface area contributed by atoms with E-state index in [1.807, 2.05) is 39.0 Å². The van der Waals surface area contributed by atoms with Gasteiger partial charge in [-0.2, -0.15) is 5.10 Å². The van der Waals surface area contributed by atoms with Gasteiger partial charge in [0.2, 0.25) is 0 Å². The van der Waals surface area contributed by atoms with Crippen molar-refractivity contribution in [1.29, 1.82) is 0 Å². The summed E-state index contributed by atoms with van der Waals surface area (Å²) in [7, 11) is 0. The summed E-state index contributed by atoms with van der Waals surface area (Å²) in [5.74, 6) is -0.0776. The van der Waals surface area contributed by atoms with Gasteiger partial charge in [0.15, 0.2) is 0 Å². The first-order valence-corrected chi connectivity index (χ1v) is 8.20. The Kier molecular flexibility index (Phi) is 4.24. The van der Waals surface area contributed by atoms with Crippen LogP contribution in [0.25, 0.3) is 0 Å². The van der Waals surface area contributed by atoms with Crippen LogP contribution in [0.2, 0.25) is 0 Å². The van der Waals surface area contributed by atoms with Crippen molar-refractivity contribution in [3.8, 4) is 0 Å². The molecule has 0 aliphatic heterocycles. The Morgan fingerprint density at radius 2 is 2.08 bits per heavy atom. The van der Waals surface area contributed by atoms with E-state index in [-0.39, 0.29) is 23.4 Å². The zero-order chi connectivity index (χ0) is 18.2. The molecule has 1 aliphatic rings. The highest BCUT2D eigenvalue weighted by molar-refractivity contribution is 6.04. The van der Waals surface area contributed by atoms with Crippen molar-refractivity contribution < 1.29 is 14.7 Å². The number of carbonyl (C=O) groups is 2. The van der Waals surface area contributed by atoms with Crippen molar-refractivity contribution in [1.82, 2.24) is 15.1 Å². The number of hydrogen-bond acceptors (Lipinski definition) is 3. The summed E-state index contributed by atoms with van der Waals surface area (Å²) in [4.78, 5) is 23.2. The van der Waals surface area contributed by atoms with Crippen LogP contribution in [-0.2, 0) is 5.54 Å². The molecule has 0 unspecified atom stereocenters. The normalized spacial score (nSPS) is 19.3. The van der Waals surface area contributed by atoms with Crippen LogP contribution in [0.3, 0.4) is 0 Å². The molecule has 2 amide bonds. The predicted molar refractivity (Wildman–Crippen MR) is 93.9 cm³/mol. The maximum Gasteiger partial charge on any atom is 0.404 e. The monoisotopic (exact) mass is 342 g/mol. The highest BCUT2D eigenvalue weighted by Gasteiger charge is 2.39. The van der Waals surface area contributed by atoms with Crippen molar-refractivity contribution in [3.63, 3.8) is 0 Å². The van der Waals surface area contributed by atoms with E-state index in [4.69, 9.17) is 5.11 Å². The Balaban J connectivity index is 1.68. The van der Waals surface area contributed by atoms with E-state index in [1.165, 1.54) is 0 Å². The summed E-state index contributed by atoms with van der Waals surface area (Å²) < 4.78 is 1.80. The van der Waals surface area contributed by atoms with Crippen LogP contribution in [0.15, 0.2) is 36.7 Å². The number of nitrogens with one attached hydrogen (secondary N) is 2. The van der Waals surface area contributed by atoms with Gasteiger partial charge in [-0.1, -0.05) is 12.1 Å². The molecular weight excluding hydrogens is 320 g/mol. The van der Waals surface area contributed by atoms with Crippen LogP contribution >= 0.6 is 0 Å². The molecule has 1 aromatic carbocycles. The lowest BCUT2D eigenvalue weighted by Gasteiger charge is -2.18. The molecule has 2 aromatic rings. The van der Waals surface area contributed by atoms with E-state index in [0.29, 0.717) is 11.3 Å². The van der Waals surface area contributed by atoms with Crippen LogP contribution in [0.5, 0.6) is 0 Å². The van der Waals surface area contributed by atoms with Crippen molar-refractivity contribution in [3.05, 3.63) is 47.8 Å². The summed E-state index contributed by atoms with van der Waals surface area (Å²) in [6.07, 6.45) is 3.17. The van der Waals surface area contributed by atoms with Crippen molar-refractivity contribution in [2.45, 2.75) is 44.7 Å². The van der Waals surface area contributed by atoms with Gasteiger partial charge in [0.05, 0.1) is 17.4 Å². The van der Waals surface area contributed by atoms with Crippen LogP contribution in [0.1, 0.15) is 49.0 Å². The Hall–Kier alpha value is -2.83. The van der Waals surface area contributed by atoms with Gasteiger partial charge < -0.3 is 15.7 Å². The van der Waals surface area contributed by atoms with Crippen molar-refractivity contribution >= 4 is 17.7 Å². The summed E-state index contributed by atoms with van der Waals surface area (Å²) >= 11 is 0. The number of nitrogens with zero attached hydrogens (tertiary/aromatic N) is 2. The van der Waals surface area contributed by atoms with E-state index >= 15 is 0 Å². The molecular formula is C18H22N4O3. The number of aromatic nitrogens is 2. The Bertz CT molecular complexity index is 807. The van der Waals surface area contributed by atoms with E-state index in [2.05, 4.69) is 15.7 Å². The third kappa shape index (κ3) is 3.99. The average molecular weight is 342 g/mol. The fourth-order valence-electron chi connectivity index (χ4n) is 2.75. The summed E-state index contributed by atoms with van der Waals surface area (Å²) in [6.45, 7) is 6.10. The van der Waals surface area contributed by atoms with Crippen LogP contribution in [-0.4, -0.2) is 32.9 Å². The molecule has 1 aromatic heterocycles. The zero-order valence-corrected chi connectivity index (χ0v) is 14.5. The van der Waals surface area contributed by atoms with Crippen LogP contribution in [0.4, 0.5) is 10.5 Å². The number of anilines is 1. The minimum atomic E-state index is -1.02. The van der Waals surface area contributed by atoms with E-state index in [1.54, 1.807) is 23.1 Å². The fourth-order valence-corrected chi connectivity index (χ4v) is 2.75. The number of hydrogen-bond donors (Lipinski definition) is 3. The molecule has 1 aliphatic carbocycles. The lowest BCUT2D eigenvalue weighted by molar-refractivity contribution is 0.102. The standard InChI is InChI=1S/C18H22N4O3/c1-18(2,3)22-10-13(9-19-22)20-16(23)12-6-4-5-11(7-12)14-8-15(14)21-17(24)25/h4-7,9-10,14-15,21H,8H2,1-3H3,(H,20,23)(H,24,25)/t14-,15+/m0/s1. The average Bonchev–Trinajstić information content (AvgIpc) is 3.11. The molecule has 7 heteroatoms. The first-order valence-electron chi connectivity index (χ1n) is 8.20. The van der Waals surface area contributed by atoms with Gasteiger partial charge in [0.25, 0.3) is 5.91 Å². The predicted octanol–water partition coefficient (Wildman–Crippen LogP) is 3.01. The minimum absolute atomic E-state index is 0.0687. The fraction of sp³-hybridized carbons (Fsp3) is 0.389. The second-order valence-electron chi connectivity index (χ2n) is 7.32. The molecule has 1 heterocycles.